The molecule has 0 unspecified atom stereocenters. The van der Waals surface area contributed by atoms with E-state index >= 15 is 0 Å². The third kappa shape index (κ3) is 3.03. The van der Waals surface area contributed by atoms with Crippen molar-refractivity contribution in [1.82, 2.24) is 14.1 Å². The van der Waals surface area contributed by atoms with Gasteiger partial charge in [0, 0.05) is 26.4 Å². The van der Waals surface area contributed by atoms with E-state index < -0.39 is 17.2 Å². The average Bonchev–Trinajstić information content (AvgIpc) is 2.69. The molecule has 0 bridgehead atoms. The van der Waals surface area contributed by atoms with Crippen molar-refractivity contribution < 1.29 is 14.3 Å². The van der Waals surface area contributed by atoms with Crippen LogP contribution in [-0.2, 0) is 14.1 Å². The van der Waals surface area contributed by atoms with Gasteiger partial charge in [-0.1, -0.05) is 0 Å². The van der Waals surface area contributed by atoms with Crippen LogP contribution in [0.4, 0.5) is 5.69 Å². The Kier molecular flexibility index (Phi) is 4.68. The molecule has 0 radical (unpaired) electrons. The Bertz CT molecular complexity index is 1160. The van der Waals surface area contributed by atoms with Crippen LogP contribution >= 0.6 is 0 Å². The predicted octanol–water partition coefficient (Wildman–Crippen LogP) is 0.902. The summed E-state index contributed by atoms with van der Waals surface area (Å²) in [6, 6.07) is 6.28. The first-order valence-corrected chi connectivity index (χ1v) is 7.97. The van der Waals surface area contributed by atoms with Gasteiger partial charge in [-0.25, -0.2) is 9.78 Å². The van der Waals surface area contributed by atoms with Gasteiger partial charge in [0.1, 0.15) is 16.9 Å². The van der Waals surface area contributed by atoms with Gasteiger partial charge in [-0.2, -0.15) is 0 Å². The summed E-state index contributed by atoms with van der Waals surface area (Å²) in [5.41, 5.74) is -0.343. The highest BCUT2D eigenvalue weighted by Gasteiger charge is 2.18. The number of aryl methyl sites for hydroxylation is 1. The summed E-state index contributed by atoms with van der Waals surface area (Å²) in [6.07, 6.45) is 1.42. The molecule has 0 aliphatic heterocycles. The first kappa shape index (κ1) is 18.2. The normalized spacial score (nSPS) is 10.7. The minimum absolute atomic E-state index is 0.142. The minimum Gasteiger partial charge on any atom is -0.497 e. The second-order valence-corrected chi connectivity index (χ2v) is 5.78. The summed E-state index contributed by atoms with van der Waals surface area (Å²) >= 11 is 0. The van der Waals surface area contributed by atoms with Gasteiger partial charge in [0.2, 0.25) is 0 Å². The molecule has 0 spiro atoms. The molecule has 1 N–H and O–H groups in total. The molecule has 2 heterocycles. The number of pyridine rings is 1. The van der Waals surface area contributed by atoms with Gasteiger partial charge in [0.25, 0.3) is 11.5 Å². The molecule has 2 aromatic heterocycles. The van der Waals surface area contributed by atoms with Crippen molar-refractivity contribution in [2.24, 2.45) is 14.1 Å². The fourth-order valence-electron chi connectivity index (χ4n) is 2.77. The fraction of sp³-hybridized carbons (Fsp3) is 0.222. The van der Waals surface area contributed by atoms with E-state index in [-0.39, 0.29) is 22.3 Å². The molecule has 1 aromatic carbocycles. The van der Waals surface area contributed by atoms with Crippen molar-refractivity contribution in [3.8, 4) is 11.5 Å². The maximum absolute atomic E-state index is 12.8. The third-order valence-corrected chi connectivity index (χ3v) is 4.24. The molecule has 0 aliphatic rings. The minimum atomic E-state index is -0.543. The number of amides is 1. The van der Waals surface area contributed by atoms with Gasteiger partial charge in [-0.15, -0.1) is 0 Å². The highest BCUT2D eigenvalue weighted by Crippen LogP contribution is 2.26. The van der Waals surface area contributed by atoms with Crippen LogP contribution in [0.15, 0.2) is 40.1 Å². The molecule has 0 saturated carbocycles. The fourth-order valence-corrected chi connectivity index (χ4v) is 2.77. The Hall–Kier alpha value is -3.62. The Morgan fingerprint density at radius 1 is 1.07 bits per heavy atom. The Morgan fingerprint density at radius 3 is 2.48 bits per heavy atom. The largest absolute Gasteiger partial charge is 0.497 e. The highest BCUT2D eigenvalue weighted by atomic mass is 16.5. The smallest absolute Gasteiger partial charge is 0.332 e. The monoisotopic (exact) mass is 370 g/mol. The molecule has 0 saturated heterocycles. The topological polar surface area (TPSA) is 104 Å². The number of carbonyl (C=O) groups is 1. The van der Waals surface area contributed by atoms with Crippen molar-refractivity contribution >= 4 is 22.6 Å². The maximum Gasteiger partial charge on any atom is 0.332 e. The summed E-state index contributed by atoms with van der Waals surface area (Å²) in [5, 5.41) is 2.84. The lowest BCUT2D eigenvalue weighted by Crippen LogP contribution is -2.37. The highest BCUT2D eigenvalue weighted by molar-refractivity contribution is 6.09. The van der Waals surface area contributed by atoms with Gasteiger partial charge < -0.3 is 14.8 Å². The molecule has 140 valence electrons. The molecule has 9 nitrogen and oxygen atoms in total. The second-order valence-electron chi connectivity index (χ2n) is 5.78. The summed E-state index contributed by atoms with van der Waals surface area (Å²) in [7, 11) is 5.83. The number of carbonyl (C=O) groups excluding carboxylic acids is 1. The van der Waals surface area contributed by atoms with Crippen LogP contribution in [-0.4, -0.2) is 34.2 Å². The number of hydrogen-bond donors (Lipinski definition) is 1. The lowest BCUT2D eigenvalue weighted by atomic mass is 10.1. The summed E-state index contributed by atoms with van der Waals surface area (Å²) in [5.74, 6) is 0.394. The maximum atomic E-state index is 12.8. The van der Waals surface area contributed by atoms with Crippen molar-refractivity contribution in [2.45, 2.75) is 0 Å². The number of ether oxygens (including phenoxy) is 2. The van der Waals surface area contributed by atoms with E-state index in [1.54, 1.807) is 18.2 Å². The van der Waals surface area contributed by atoms with E-state index in [2.05, 4.69) is 10.3 Å². The van der Waals surface area contributed by atoms with E-state index in [1.807, 2.05) is 0 Å². The van der Waals surface area contributed by atoms with Crippen molar-refractivity contribution in [3.05, 3.63) is 56.9 Å². The van der Waals surface area contributed by atoms with E-state index in [1.165, 1.54) is 45.1 Å². The van der Waals surface area contributed by atoms with Gasteiger partial charge >= 0.3 is 5.69 Å². The van der Waals surface area contributed by atoms with E-state index in [9.17, 15) is 14.4 Å². The Balaban J connectivity index is 2.12. The van der Waals surface area contributed by atoms with Crippen molar-refractivity contribution in [1.29, 1.82) is 0 Å². The zero-order valence-electron chi connectivity index (χ0n) is 15.3. The van der Waals surface area contributed by atoms with Gasteiger partial charge in [-0.05, 0) is 18.2 Å². The molecular formula is C18H18N4O5. The van der Waals surface area contributed by atoms with Crippen LogP contribution in [0, 0.1) is 0 Å². The Morgan fingerprint density at radius 2 is 1.81 bits per heavy atom. The number of aromatic nitrogens is 3. The van der Waals surface area contributed by atoms with Gasteiger partial charge in [0.05, 0.1) is 25.5 Å². The van der Waals surface area contributed by atoms with Gasteiger partial charge in [-0.3, -0.25) is 18.7 Å². The number of fused-ring (bicyclic) bond motifs is 1. The molecular weight excluding hydrogens is 352 g/mol. The van der Waals surface area contributed by atoms with Gasteiger partial charge in [0.15, 0.2) is 5.65 Å². The first-order chi connectivity index (χ1) is 12.9. The van der Waals surface area contributed by atoms with Crippen LogP contribution in [0.25, 0.3) is 11.0 Å². The lowest BCUT2D eigenvalue weighted by Gasteiger charge is -2.13. The number of benzene rings is 1. The number of rotatable bonds is 4. The molecule has 0 fully saturated rings. The quantitative estimate of drug-likeness (QED) is 0.732. The second kappa shape index (κ2) is 6.94. The number of nitrogens with one attached hydrogen (secondary N) is 1. The van der Waals surface area contributed by atoms with Crippen LogP contribution in [0.2, 0.25) is 0 Å². The first-order valence-electron chi connectivity index (χ1n) is 7.97. The van der Waals surface area contributed by atoms with Crippen LogP contribution < -0.4 is 26.0 Å². The van der Waals surface area contributed by atoms with Crippen LogP contribution in [0.5, 0.6) is 11.5 Å². The van der Waals surface area contributed by atoms with E-state index in [0.717, 1.165) is 4.57 Å². The van der Waals surface area contributed by atoms with Crippen molar-refractivity contribution in [3.63, 3.8) is 0 Å². The predicted molar refractivity (Wildman–Crippen MR) is 99.7 cm³/mol. The molecule has 0 aliphatic carbocycles. The molecule has 3 aromatic rings. The summed E-state index contributed by atoms with van der Waals surface area (Å²) < 4.78 is 12.6. The summed E-state index contributed by atoms with van der Waals surface area (Å²) in [6.45, 7) is 0. The zero-order chi connectivity index (χ0) is 19.7. The lowest BCUT2D eigenvalue weighted by molar-refractivity contribution is 0.102. The van der Waals surface area contributed by atoms with Crippen molar-refractivity contribution in [2.75, 3.05) is 19.5 Å². The number of methoxy groups -OCH3 is 2. The molecule has 0 atom stereocenters. The number of nitrogens with zero attached hydrogens (tertiary/aromatic N) is 3. The molecule has 27 heavy (non-hydrogen) atoms. The molecule has 9 heteroatoms. The number of hydrogen-bond acceptors (Lipinski definition) is 6. The molecule has 3 rings (SSSR count). The van der Waals surface area contributed by atoms with E-state index in [4.69, 9.17) is 9.47 Å². The van der Waals surface area contributed by atoms with Crippen LogP contribution in [0.3, 0.4) is 0 Å². The average molecular weight is 370 g/mol. The Labute approximate surface area is 153 Å². The molecule has 1 amide bonds. The van der Waals surface area contributed by atoms with E-state index in [0.29, 0.717) is 11.5 Å². The third-order valence-electron chi connectivity index (χ3n) is 4.24. The number of anilines is 1. The standard InChI is InChI=1S/C18H18N4O5/c1-21-15-14(17(24)22(2)18(21)25)12(7-8-19-15)20-16(23)11-6-5-10(26-3)9-13(11)27-4/h5-9H,1-4H3,(H,19,20,23). The SMILES string of the molecule is COc1ccc(C(=O)Nc2ccnc3c2c(=O)n(C)c(=O)n3C)c(OC)c1. The van der Waals surface area contributed by atoms with Crippen LogP contribution in [0.1, 0.15) is 10.4 Å². The zero-order valence-corrected chi connectivity index (χ0v) is 15.3. The summed E-state index contributed by atoms with van der Waals surface area (Å²) in [4.78, 5) is 41.5.